The van der Waals surface area contributed by atoms with Gasteiger partial charge >= 0.3 is 5.76 Å². The van der Waals surface area contributed by atoms with Crippen molar-refractivity contribution in [3.05, 3.63) is 51.8 Å². The lowest BCUT2D eigenvalue weighted by Gasteiger charge is -2.06. The molecular weight excluding hydrogens is 235 g/mol. The quantitative estimate of drug-likeness (QED) is 0.829. The number of hydrogen-bond donors (Lipinski definition) is 0. The van der Waals surface area contributed by atoms with Crippen molar-refractivity contribution in [3.63, 3.8) is 0 Å². The van der Waals surface area contributed by atoms with Crippen molar-refractivity contribution in [1.29, 1.82) is 0 Å². The van der Waals surface area contributed by atoms with E-state index < -0.39 is 11.9 Å². The summed E-state index contributed by atoms with van der Waals surface area (Å²) >= 11 is 5.68. The molecular formula is C10H8ClFN2O2. The molecule has 2 rings (SSSR count). The second-order valence-corrected chi connectivity index (χ2v) is 3.64. The number of nitrogens with zero attached hydrogens (tertiary/aromatic N) is 2. The first kappa shape index (κ1) is 10.9. The van der Waals surface area contributed by atoms with Crippen molar-refractivity contribution >= 4 is 11.6 Å². The second-order valence-electron chi connectivity index (χ2n) is 3.21. The van der Waals surface area contributed by atoms with Crippen LogP contribution in [0.15, 0.2) is 39.9 Å². The van der Waals surface area contributed by atoms with Gasteiger partial charge in [0.05, 0.1) is 6.54 Å². The molecule has 0 bridgehead atoms. The zero-order valence-corrected chi connectivity index (χ0v) is 8.89. The topological polar surface area (TPSA) is 48.0 Å². The van der Waals surface area contributed by atoms with Gasteiger partial charge < -0.3 is 4.42 Å². The molecule has 0 aliphatic rings. The highest BCUT2D eigenvalue weighted by atomic mass is 35.5. The highest BCUT2D eigenvalue weighted by molar-refractivity contribution is 6.30. The first-order valence-electron chi connectivity index (χ1n) is 4.57. The predicted molar refractivity (Wildman–Crippen MR) is 56.1 cm³/mol. The summed E-state index contributed by atoms with van der Waals surface area (Å²) in [5.41, 5.74) is 0.444. The Morgan fingerprint density at radius 2 is 2.12 bits per heavy atom. The Morgan fingerprint density at radius 3 is 2.69 bits per heavy atom. The van der Waals surface area contributed by atoms with Crippen molar-refractivity contribution < 1.29 is 8.81 Å². The summed E-state index contributed by atoms with van der Waals surface area (Å²) in [6.45, 7) is -0.170. The molecule has 0 unspecified atom stereocenters. The van der Waals surface area contributed by atoms with E-state index >= 15 is 0 Å². The van der Waals surface area contributed by atoms with Gasteiger partial charge in [-0.1, -0.05) is 23.7 Å². The molecule has 1 aromatic heterocycles. The molecule has 0 fully saturated rings. The number of halogens is 2. The summed E-state index contributed by atoms with van der Waals surface area (Å²) in [6, 6.07) is 6.32. The highest BCUT2D eigenvalue weighted by Crippen LogP contribution is 2.20. The number of rotatable bonds is 3. The van der Waals surface area contributed by atoms with E-state index in [1.165, 1.54) is 0 Å². The van der Waals surface area contributed by atoms with E-state index in [1.54, 1.807) is 24.3 Å². The van der Waals surface area contributed by atoms with Gasteiger partial charge in [0.2, 0.25) is 6.39 Å². The molecule has 1 atom stereocenters. The van der Waals surface area contributed by atoms with Crippen LogP contribution in [0.25, 0.3) is 0 Å². The number of aromatic nitrogens is 2. The molecule has 84 valence electrons. The zero-order chi connectivity index (χ0) is 11.5. The Balaban J connectivity index is 2.14. The fourth-order valence-electron chi connectivity index (χ4n) is 1.28. The number of alkyl halides is 1. The van der Waals surface area contributed by atoms with E-state index in [0.29, 0.717) is 10.6 Å². The van der Waals surface area contributed by atoms with Crippen molar-refractivity contribution in [3.8, 4) is 0 Å². The maximum absolute atomic E-state index is 13.7. The molecule has 0 aliphatic heterocycles. The normalized spacial score (nSPS) is 12.6. The average Bonchev–Trinajstić information content (AvgIpc) is 2.65. The maximum Gasteiger partial charge on any atom is 0.437 e. The summed E-state index contributed by atoms with van der Waals surface area (Å²) in [7, 11) is 0. The fraction of sp³-hybridized carbons (Fsp3) is 0.200. The average molecular weight is 243 g/mol. The third-order valence-corrected chi connectivity index (χ3v) is 2.37. The third kappa shape index (κ3) is 2.30. The second kappa shape index (κ2) is 4.49. The summed E-state index contributed by atoms with van der Waals surface area (Å²) in [4.78, 5) is 11.0. The Bertz CT molecular complexity index is 520. The van der Waals surface area contributed by atoms with Gasteiger partial charge in [-0.05, 0) is 17.7 Å². The molecule has 0 saturated carbocycles. The monoisotopic (exact) mass is 242 g/mol. The summed E-state index contributed by atoms with van der Waals surface area (Å²) in [5.74, 6) is -0.670. The van der Waals surface area contributed by atoms with Crippen molar-refractivity contribution in [1.82, 2.24) is 9.78 Å². The molecule has 4 nitrogen and oxygen atoms in total. The van der Waals surface area contributed by atoms with Crippen LogP contribution in [0.3, 0.4) is 0 Å². The first-order valence-corrected chi connectivity index (χ1v) is 4.95. The van der Waals surface area contributed by atoms with Crippen LogP contribution in [-0.2, 0) is 6.54 Å². The van der Waals surface area contributed by atoms with E-state index in [-0.39, 0.29) is 6.54 Å². The third-order valence-electron chi connectivity index (χ3n) is 2.12. The van der Waals surface area contributed by atoms with Gasteiger partial charge in [-0.25, -0.2) is 9.18 Å². The van der Waals surface area contributed by atoms with Crippen LogP contribution in [0.2, 0.25) is 5.02 Å². The standard InChI is InChI=1S/C10H8ClFN2O2/c11-8-3-1-7(2-4-8)9(12)5-14-10(15)16-6-13-14/h1-4,6,9H,5H2/t9-/m0/s1. The van der Waals surface area contributed by atoms with Crippen molar-refractivity contribution in [2.75, 3.05) is 0 Å². The van der Waals surface area contributed by atoms with Gasteiger partial charge in [-0.3, -0.25) is 0 Å². The molecule has 6 heteroatoms. The zero-order valence-electron chi connectivity index (χ0n) is 8.14. The predicted octanol–water partition coefficient (Wildman–Crippen LogP) is 2.20. The van der Waals surface area contributed by atoms with Crippen molar-refractivity contribution in [2.45, 2.75) is 12.7 Å². The maximum atomic E-state index is 13.7. The summed E-state index contributed by atoms with van der Waals surface area (Å²) < 4.78 is 19.1. The van der Waals surface area contributed by atoms with Gasteiger partial charge in [0, 0.05) is 5.02 Å². The minimum Gasteiger partial charge on any atom is -0.395 e. The smallest absolute Gasteiger partial charge is 0.395 e. The molecule has 0 radical (unpaired) electrons. The molecule has 1 heterocycles. The summed E-state index contributed by atoms with van der Waals surface area (Å²) in [5, 5.41) is 4.11. The molecule has 0 spiro atoms. The molecule has 2 aromatic rings. The minimum absolute atomic E-state index is 0.170. The minimum atomic E-state index is -1.32. The van der Waals surface area contributed by atoms with Crippen LogP contribution < -0.4 is 5.76 Å². The van der Waals surface area contributed by atoms with Gasteiger partial charge in [0.15, 0.2) is 0 Å². The fourth-order valence-corrected chi connectivity index (χ4v) is 1.41. The van der Waals surface area contributed by atoms with Crippen LogP contribution in [0.1, 0.15) is 11.7 Å². The number of benzene rings is 1. The Hall–Kier alpha value is -1.62. The SMILES string of the molecule is O=c1ocnn1C[C@H](F)c1ccc(Cl)cc1. The van der Waals surface area contributed by atoms with Crippen LogP contribution in [0.4, 0.5) is 4.39 Å². The molecule has 0 amide bonds. The lowest BCUT2D eigenvalue weighted by atomic mass is 10.1. The van der Waals surface area contributed by atoms with E-state index in [4.69, 9.17) is 11.6 Å². The highest BCUT2D eigenvalue weighted by Gasteiger charge is 2.13. The van der Waals surface area contributed by atoms with E-state index in [9.17, 15) is 9.18 Å². The number of hydrogen-bond acceptors (Lipinski definition) is 3. The molecule has 0 aliphatic carbocycles. The molecule has 0 saturated heterocycles. The Labute approximate surface area is 95.3 Å². The molecule has 0 N–H and O–H groups in total. The Kier molecular flexibility index (Phi) is 3.05. The molecule has 1 aromatic carbocycles. The summed E-state index contributed by atoms with van der Waals surface area (Å²) in [6.07, 6.45) is -0.336. The lowest BCUT2D eigenvalue weighted by molar-refractivity contribution is 0.283. The molecule has 16 heavy (non-hydrogen) atoms. The largest absolute Gasteiger partial charge is 0.437 e. The van der Waals surface area contributed by atoms with E-state index in [0.717, 1.165) is 11.1 Å². The van der Waals surface area contributed by atoms with Gasteiger partial charge in [0.1, 0.15) is 6.17 Å². The van der Waals surface area contributed by atoms with Crippen LogP contribution in [0, 0.1) is 0 Å². The lowest BCUT2D eigenvalue weighted by Crippen LogP contribution is -2.18. The van der Waals surface area contributed by atoms with Crippen molar-refractivity contribution in [2.24, 2.45) is 0 Å². The van der Waals surface area contributed by atoms with Crippen LogP contribution >= 0.6 is 11.6 Å². The Morgan fingerprint density at radius 1 is 1.44 bits per heavy atom. The van der Waals surface area contributed by atoms with Gasteiger partial charge in [-0.2, -0.15) is 4.68 Å². The van der Waals surface area contributed by atoms with Gasteiger partial charge in [-0.15, -0.1) is 5.10 Å². The van der Waals surface area contributed by atoms with E-state index in [1.807, 2.05) is 0 Å². The first-order chi connectivity index (χ1) is 7.66. The van der Waals surface area contributed by atoms with Crippen LogP contribution in [0.5, 0.6) is 0 Å². The van der Waals surface area contributed by atoms with Crippen LogP contribution in [-0.4, -0.2) is 9.78 Å². The van der Waals surface area contributed by atoms with E-state index in [2.05, 4.69) is 9.52 Å². The van der Waals surface area contributed by atoms with Gasteiger partial charge in [0.25, 0.3) is 0 Å².